The van der Waals surface area contributed by atoms with E-state index in [9.17, 15) is 9.59 Å². The Morgan fingerprint density at radius 1 is 1.11 bits per heavy atom. The summed E-state index contributed by atoms with van der Waals surface area (Å²) in [6.45, 7) is 6.96. The number of esters is 1. The Hall–Kier alpha value is -1.10. The number of ether oxygens (including phenoxy) is 1. The zero-order valence-electron chi connectivity index (χ0n) is 11.8. The number of likely N-dealkylation sites (tertiary alicyclic amines) is 2. The summed E-state index contributed by atoms with van der Waals surface area (Å²) in [4.78, 5) is 27.3. The van der Waals surface area contributed by atoms with E-state index in [1.165, 1.54) is 25.9 Å². The first kappa shape index (κ1) is 14.3. The minimum atomic E-state index is -0.708. The maximum Gasteiger partial charge on any atom is 0.397 e. The molecule has 2 heterocycles. The van der Waals surface area contributed by atoms with Gasteiger partial charge in [0.25, 0.3) is 0 Å². The van der Waals surface area contributed by atoms with Crippen LogP contribution in [0.2, 0.25) is 0 Å². The summed E-state index contributed by atoms with van der Waals surface area (Å²) >= 11 is 0. The smallest absolute Gasteiger partial charge is 0.397 e. The standard InChI is InChI=1S/C14H24N2O3/c1-2-19-14(18)13(17)16-9-5-12(6-10-16)11-15-7-3-4-8-15/h12H,2-11H2,1H3. The molecular weight excluding hydrogens is 244 g/mol. The molecule has 0 unspecified atom stereocenters. The molecule has 2 fully saturated rings. The highest BCUT2D eigenvalue weighted by Gasteiger charge is 2.28. The van der Waals surface area contributed by atoms with E-state index < -0.39 is 11.9 Å². The molecule has 0 aromatic heterocycles. The van der Waals surface area contributed by atoms with Crippen molar-refractivity contribution in [1.82, 2.24) is 9.80 Å². The molecule has 108 valence electrons. The van der Waals surface area contributed by atoms with Crippen molar-refractivity contribution in [1.29, 1.82) is 0 Å². The second-order valence-electron chi connectivity index (χ2n) is 5.46. The van der Waals surface area contributed by atoms with Crippen LogP contribution in [0.25, 0.3) is 0 Å². The topological polar surface area (TPSA) is 49.9 Å². The normalized spacial score (nSPS) is 21.6. The van der Waals surface area contributed by atoms with Gasteiger partial charge in [0.15, 0.2) is 0 Å². The van der Waals surface area contributed by atoms with Crippen LogP contribution in [0.3, 0.4) is 0 Å². The Balaban J connectivity index is 1.72. The van der Waals surface area contributed by atoms with Gasteiger partial charge in [0, 0.05) is 19.6 Å². The molecule has 0 N–H and O–H groups in total. The maximum atomic E-state index is 11.8. The Labute approximate surface area is 114 Å². The lowest BCUT2D eigenvalue weighted by Gasteiger charge is -2.33. The van der Waals surface area contributed by atoms with Crippen molar-refractivity contribution in [3.05, 3.63) is 0 Å². The van der Waals surface area contributed by atoms with Gasteiger partial charge in [0.1, 0.15) is 0 Å². The highest BCUT2D eigenvalue weighted by molar-refractivity contribution is 6.32. The molecule has 5 nitrogen and oxygen atoms in total. The molecule has 0 aliphatic carbocycles. The van der Waals surface area contributed by atoms with E-state index >= 15 is 0 Å². The van der Waals surface area contributed by atoms with E-state index in [-0.39, 0.29) is 6.61 Å². The molecule has 2 rings (SSSR count). The summed E-state index contributed by atoms with van der Waals surface area (Å²) in [5, 5.41) is 0. The minimum Gasteiger partial charge on any atom is -0.459 e. The lowest BCUT2D eigenvalue weighted by molar-refractivity contribution is -0.160. The van der Waals surface area contributed by atoms with E-state index in [2.05, 4.69) is 4.90 Å². The van der Waals surface area contributed by atoms with Gasteiger partial charge in [0.05, 0.1) is 6.61 Å². The predicted octanol–water partition coefficient (Wildman–Crippen LogP) is 0.884. The molecule has 1 amide bonds. The zero-order valence-corrected chi connectivity index (χ0v) is 11.8. The van der Waals surface area contributed by atoms with Gasteiger partial charge in [-0.25, -0.2) is 4.79 Å². The van der Waals surface area contributed by atoms with Gasteiger partial charge < -0.3 is 14.5 Å². The molecule has 0 radical (unpaired) electrons. The van der Waals surface area contributed by atoms with Crippen molar-refractivity contribution >= 4 is 11.9 Å². The van der Waals surface area contributed by atoms with E-state index in [1.54, 1.807) is 11.8 Å². The van der Waals surface area contributed by atoms with Gasteiger partial charge in [-0.1, -0.05) is 0 Å². The van der Waals surface area contributed by atoms with Crippen molar-refractivity contribution in [3.8, 4) is 0 Å². The molecule has 2 aliphatic rings. The van der Waals surface area contributed by atoms with Gasteiger partial charge in [-0.05, 0) is 51.6 Å². The molecule has 0 spiro atoms. The van der Waals surface area contributed by atoms with Gasteiger partial charge in [-0.15, -0.1) is 0 Å². The van der Waals surface area contributed by atoms with Crippen LogP contribution in [-0.2, 0) is 14.3 Å². The summed E-state index contributed by atoms with van der Waals surface area (Å²) in [5.41, 5.74) is 0. The van der Waals surface area contributed by atoms with Gasteiger partial charge >= 0.3 is 11.9 Å². The number of hydrogen-bond acceptors (Lipinski definition) is 4. The highest BCUT2D eigenvalue weighted by Crippen LogP contribution is 2.20. The van der Waals surface area contributed by atoms with Crippen LogP contribution >= 0.6 is 0 Å². The fourth-order valence-electron chi connectivity index (χ4n) is 2.97. The van der Waals surface area contributed by atoms with Crippen molar-refractivity contribution in [2.75, 3.05) is 39.3 Å². The maximum absolute atomic E-state index is 11.8. The van der Waals surface area contributed by atoms with Gasteiger partial charge in [-0.3, -0.25) is 4.79 Å². The van der Waals surface area contributed by atoms with Crippen molar-refractivity contribution < 1.29 is 14.3 Å². The summed E-state index contributed by atoms with van der Waals surface area (Å²) in [7, 11) is 0. The van der Waals surface area contributed by atoms with Crippen molar-refractivity contribution in [3.63, 3.8) is 0 Å². The lowest BCUT2D eigenvalue weighted by Crippen LogP contribution is -2.44. The summed E-state index contributed by atoms with van der Waals surface area (Å²) < 4.78 is 4.75. The van der Waals surface area contributed by atoms with E-state index in [0.717, 1.165) is 19.4 Å². The molecule has 2 aliphatic heterocycles. The van der Waals surface area contributed by atoms with Gasteiger partial charge in [0.2, 0.25) is 0 Å². The van der Waals surface area contributed by atoms with Crippen LogP contribution in [0.5, 0.6) is 0 Å². The van der Waals surface area contributed by atoms with E-state index in [4.69, 9.17) is 4.74 Å². The Morgan fingerprint density at radius 2 is 1.74 bits per heavy atom. The number of carbonyl (C=O) groups is 2. The monoisotopic (exact) mass is 268 g/mol. The van der Waals surface area contributed by atoms with Crippen LogP contribution in [0.4, 0.5) is 0 Å². The number of piperidine rings is 1. The first-order valence-corrected chi connectivity index (χ1v) is 7.39. The fourth-order valence-corrected chi connectivity index (χ4v) is 2.97. The van der Waals surface area contributed by atoms with Crippen molar-refractivity contribution in [2.45, 2.75) is 32.6 Å². The molecule has 0 aromatic carbocycles. The summed E-state index contributed by atoms with van der Waals surface area (Å²) in [5.74, 6) is -0.508. The van der Waals surface area contributed by atoms with Crippen molar-refractivity contribution in [2.24, 2.45) is 5.92 Å². The van der Waals surface area contributed by atoms with Gasteiger partial charge in [-0.2, -0.15) is 0 Å². The lowest BCUT2D eigenvalue weighted by atomic mass is 9.96. The molecule has 0 atom stereocenters. The average Bonchev–Trinajstić information content (AvgIpc) is 2.92. The van der Waals surface area contributed by atoms with Crippen LogP contribution in [-0.4, -0.2) is 61.0 Å². The largest absolute Gasteiger partial charge is 0.459 e. The van der Waals surface area contributed by atoms with Crippen LogP contribution < -0.4 is 0 Å². The molecule has 0 saturated carbocycles. The molecular formula is C14H24N2O3. The Kier molecular flexibility index (Phi) is 5.19. The molecule has 5 heteroatoms. The predicted molar refractivity (Wildman–Crippen MR) is 71.6 cm³/mol. The number of nitrogens with zero attached hydrogens (tertiary/aromatic N) is 2. The number of carbonyl (C=O) groups excluding carboxylic acids is 2. The zero-order chi connectivity index (χ0) is 13.7. The quantitative estimate of drug-likeness (QED) is 0.563. The molecule has 19 heavy (non-hydrogen) atoms. The second kappa shape index (κ2) is 6.89. The van der Waals surface area contributed by atoms with E-state index in [1.807, 2.05) is 0 Å². The third-order valence-electron chi connectivity index (χ3n) is 4.07. The van der Waals surface area contributed by atoms with Crippen LogP contribution in [0.1, 0.15) is 32.6 Å². The van der Waals surface area contributed by atoms with E-state index in [0.29, 0.717) is 19.0 Å². The van der Waals surface area contributed by atoms with Crippen LogP contribution in [0.15, 0.2) is 0 Å². The third-order valence-corrected chi connectivity index (χ3v) is 4.07. The molecule has 2 saturated heterocycles. The fraction of sp³-hybridized carbons (Fsp3) is 0.857. The third kappa shape index (κ3) is 3.93. The number of amides is 1. The summed E-state index contributed by atoms with van der Waals surface area (Å²) in [6, 6.07) is 0. The number of rotatable bonds is 3. The molecule has 0 aromatic rings. The average molecular weight is 268 g/mol. The minimum absolute atomic E-state index is 0.260. The molecule has 0 bridgehead atoms. The van der Waals surface area contributed by atoms with Crippen LogP contribution in [0, 0.1) is 5.92 Å². The summed E-state index contributed by atoms with van der Waals surface area (Å²) in [6.07, 6.45) is 4.64. The first-order chi connectivity index (χ1) is 9.20. The SMILES string of the molecule is CCOC(=O)C(=O)N1CCC(CN2CCCC2)CC1. The Morgan fingerprint density at radius 3 is 2.32 bits per heavy atom. The number of hydrogen-bond donors (Lipinski definition) is 0. The second-order valence-corrected chi connectivity index (χ2v) is 5.46. The first-order valence-electron chi connectivity index (χ1n) is 7.39. The highest BCUT2D eigenvalue weighted by atomic mass is 16.5. The Bertz CT molecular complexity index is 319.